The van der Waals surface area contributed by atoms with Crippen LogP contribution in [0.4, 0.5) is 5.69 Å². The Morgan fingerprint density at radius 3 is 2.68 bits per heavy atom. The molecule has 0 saturated heterocycles. The standard InChI is InChI=1S/C15H18N4O3/c16-14(22)15(5-2-1-3-6-15)19-11-9-4-7-17-12(9)18-8-10(11)13(20)21/h4,7-8H,1-3,5-6H2,(H2,16,22)(H,20,21)(H2,17,18,19). The van der Waals surface area contributed by atoms with Gasteiger partial charge in [0.15, 0.2) is 0 Å². The fourth-order valence-corrected chi connectivity index (χ4v) is 3.13. The smallest absolute Gasteiger partial charge is 0.339 e. The normalized spacial score (nSPS) is 17.3. The van der Waals surface area contributed by atoms with Gasteiger partial charge in [0, 0.05) is 17.8 Å². The van der Waals surface area contributed by atoms with Crippen molar-refractivity contribution in [3.05, 3.63) is 24.0 Å². The first-order valence-corrected chi connectivity index (χ1v) is 7.31. The molecule has 0 spiro atoms. The molecule has 1 fully saturated rings. The maximum atomic E-state index is 12.0. The van der Waals surface area contributed by atoms with Gasteiger partial charge in [-0.15, -0.1) is 0 Å². The molecule has 0 atom stereocenters. The number of aromatic carboxylic acids is 1. The summed E-state index contributed by atoms with van der Waals surface area (Å²) in [7, 11) is 0. The van der Waals surface area contributed by atoms with E-state index in [0.29, 0.717) is 29.6 Å². The summed E-state index contributed by atoms with van der Waals surface area (Å²) >= 11 is 0. The van der Waals surface area contributed by atoms with Gasteiger partial charge in [-0.3, -0.25) is 4.79 Å². The highest BCUT2D eigenvalue weighted by Crippen LogP contribution is 2.35. The highest BCUT2D eigenvalue weighted by atomic mass is 16.4. The first-order valence-electron chi connectivity index (χ1n) is 7.31. The quantitative estimate of drug-likeness (QED) is 0.687. The lowest BCUT2D eigenvalue weighted by Crippen LogP contribution is -2.52. The van der Waals surface area contributed by atoms with Gasteiger partial charge in [-0.05, 0) is 18.9 Å². The van der Waals surface area contributed by atoms with Crippen LogP contribution in [0.25, 0.3) is 11.0 Å². The summed E-state index contributed by atoms with van der Waals surface area (Å²) in [5.74, 6) is -1.53. The number of nitrogens with two attached hydrogens (primary N) is 1. The molecule has 2 aromatic rings. The number of anilines is 1. The maximum Gasteiger partial charge on any atom is 0.339 e. The fourth-order valence-electron chi connectivity index (χ4n) is 3.13. The molecule has 116 valence electrons. The minimum Gasteiger partial charge on any atom is -0.478 e. The van der Waals surface area contributed by atoms with Gasteiger partial charge in [0.05, 0.1) is 5.69 Å². The van der Waals surface area contributed by atoms with Gasteiger partial charge in [0.1, 0.15) is 16.7 Å². The predicted octanol–water partition coefficient (Wildman–Crippen LogP) is 1.86. The number of hydrogen-bond donors (Lipinski definition) is 4. The Morgan fingerprint density at radius 1 is 1.32 bits per heavy atom. The fraction of sp³-hybridized carbons (Fsp3) is 0.400. The van der Waals surface area contributed by atoms with E-state index in [0.717, 1.165) is 19.3 Å². The van der Waals surface area contributed by atoms with Crippen LogP contribution in [-0.4, -0.2) is 32.5 Å². The van der Waals surface area contributed by atoms with Crippen molar-refractivity contribution in [3.8, 4) is 0 Å². The van der Waals surface area contributed by atoms with E-state index in [1.165, 1.54) is 6.20 Å². The number of primary amides is 1. The number of H-pyrrole nitrogens is 1. The minimum absolute atomic E-state index is 0.0401. The van der Waals surface area contributed by atoms with Crippen LogP contribution in [-0.2, 0) is 4.79 Å². The van der Waals surface area contributed by atoms with Crippen LogP contribution in [0.3, 0.4) is 0 Å². The zero-order valence-corrected chi connectivity index (χ0v) is 12.1. The molecule has 1 amide bonds. The highest BCUT2D eigenvalue weighted by molar-refractivity contribution is 6.05. The third-order valence-electron chi connectivity index (χ3n) is 4.36. The summed E-state index contributed by atoms with van der Waals surface area (Å²) in [5.41, 5.74) is 5.74. The number of aromatic amines is 1. The molecule has 1 saturated carbocycles. The summed E-state index contributed by atoms with van der Waals surface area (Å²) in [6.07, 6.45) is 7.02. The van der Waals surface area contributed by atoms with Crippen molar-refractivity contribution in [2.75, 3.05) is 5.32 Å². The molecule has 3 rings (SSSR count). The van der Waals surface area contributed by atoms with E-state index in [1.807, 2.05) is 0 Å². The molecule has 22 heavy (non-hydrogen) atoms. The SMILES string of the molecule is NC(=O)C1(Nc2c(C(=O)O)cnc3[nH]ccc23)CCCCC1. The van der Waals surface area contributed by atoms with Crippen molar-refractivity contribution in [2.24, 2.45) is 5.73 Å². The van der Waals surface area contributed by atoms with Crippen molar-refractivity contribution in [1.82, 2.24) is 9.97 Å². The summed E-state index contributed by atoms with van der Waals surface area (Å²) < 4.78 is 0. The predicted molar refractivity (Wildman–Crippen MR) is 81.7 cm³/mol. The maximum absolute atomic E-state index is 12.0. The molecule has 0 bridgehead atoms. The van der Waals surface area contributed by atoms with Crippen molar-refractivity contribution in [3.63, 3.8) is 0 Å². The number of carbonyl (C=O) groups excluding carboxylic acids is 1. The molecule has 7 nitrogen and oxygen atoms in total. The molecule has 2 aromatic heterocycles. The van der Waals surface area contributed by atoms with Crippen LogP contribution in [0.5, 0.6) is 0 Å². The van der Waals surface area contributed by atoms with Crippen LogP contribution < -0.4 is 11.1 Å². The number of carboxylic acids is 1. The van der Waals surface area contributed by atoms with E-state index >= 15 is 0 Å². The number of nitrogens with zero attached hydrogens (tertiary/aromatic N) is 1. The lowest BCUT2D eigenvalue weighted by molar-refractivity contribution is -0.123. The monoisotopic (exact) mass is 302 g/mol. The highest BCUT2D eigenvalue weighted by Gasteiger charge is 2.39. The van der Waals surface area contributed by atoms with E-state index in [-0.39, 0.29) is 5.56 Å². The second kappa shape index (κ2) is 5.32. The number of pyridine rings is 1. The number of carbonyl (C=O) groups is 2. The molecular weight excluding hydrogens is 284 g/mol. The Balaban J connectivity index is 2.11. The average Bonchev–Trinajstić information content (AvgIpc) is 2.97. The van der Waals surface area contributed by atoms with Gasteiger partial charge in [0.25, 0.3) is 0 Å². The Labute approximate surface area is 126 Å². The van der Waals surface area contributed by atoms with Crippen molar-refractivity contribution in [2.45, 2.75) is 37.6 Å². The molecule has 5 N–H and O–H groups in total. The van der Waals surface area contributed by atoms with Crippen LogP contribution >= 0.6 is 0 Å². The number of hydrogen-bond acceptors (Lipinski definition) is 4. The summed E-state index contributed by atoms with van der Waals surface area (Å²) in [5, 5.41) is 13.2. The molecule has 0 aliphatic heterocycles. The van der Waals surface area contributed by atoms with Gasteiger partial charge in [-0.1, -0.05) is 19.3 Å². The average molecular weight is 302 g/mol. The van der Waals surface area contributed by atoms with E-state index < -0.39 is 17.4 Å². The van der Waals surface area contributed by atoms with E-state index in [9.17, 15) is 14.7 Å². The van der Waals surface area contributed by atoms with Gasteiger partial charge in [0.2, 0.25) is 5.91 Å². The topological polar surface area (TPSA) is 121 Å². The summed E-state index contributed by atoms with van der Waals surface area (Å²) in [4.78, 5) is 30.6. The van der Waals surface area contributed by atoms with Crippen molar-refractivity contribution < 1.29 is 14.7 Å². The number of fused-ring (bicyclic) bond motifs is 1. The lowest BCUT2D eigenvalue weighted by atomic mass is 9.80. The number of amides is 1. The third-order valence-corrected chi connectivity index (χ3v) is 4.36. The number of carboxylic acid groups (broad SMARTS) is 1. The second-order valence-electron chi connectivity index (χ2n) is 5.72. The molecule has 0 unspecified atom stereocenters. The minimum atomic E-state index is -1.09. The summed E-state index contributed by atoms with van der Waals surface area (Å²) in [6, 6.07) is 1.74. The Bertz CT molecular complexity index is 731. The van der Waals surface area contributed by atoms with Crippen LogP contribution in [0.15, 0.2) is 18.5 Å². The summed E-state index contributed by atoms with van der Waals surface area (Å²) in [6.45, 7) is 0. The molecular formula is C15H18N4O3. The number of aromatic nitrogens is 2. The second-order valence-corrected chi connectivity index (χ2v) is 5.72. The first-order chi connectivity index (χ1) is 10.5. The van der Waals surface area contributed by atoms with Gasteiger partial charge in [-0.2, -0.15) is 0 Å². The van der Waals surface area contributed by atoms with Gasteiger partial charge < -0.3 is 21.1 Å². The Morgan fingerprint density at radius 2 is 2.05 bits per heavy atom. The van der Waals surface area contributed by atoms with E-state index in [1.54, 1.807) is 12.3 Å². The molecule has 0 aromatic carbocycles. The van der Waals surface area contributed by atoms with E-state index in [4.69, 9.17) is 5.73 Å². The molecule has 1 aliphatic carbocycles. The number of nitrogens with one attached hydrogen (secondary N) is 2. The molecule has 7 heteroatoms. The van der Waals surface area contributed by atoms with Crippen LogP contribution in [0, 0.1) is 0 Å². The van der Waals surface area contributed by atoms with Gasteiger partial charge in [-0.25, -0.2) is 9.78 Å². The first kappa shape index (κ1) is 14.4. The zero-order valence-electron chi connectivity index (χ0n) is 12.1. The zero-order chi connectivity index (χ0) is 15.7. The Kier molecular flexibility index (Phi) is 3.48. The van der Waals surface area contributed by atoms with E-state index in [2.05, 4.69) is 15.3 Å². The third kappa shape index (κ3) is 2.28. The van der Waals surface area contributed by atoms with Crippen molar-refractivity contribution >= 4 is 28.6 Å². The lowest BCUT2D eigenvalue weighted by Gasteiger charge is -2.36. The molecule has 2 heterocycles. The van der Waals surface area contributed by atoms with Crippen LogP contribution in [0.2, 0.25) is 0 Å². The van der Waals surface area contributed by atoms with Gasteiger partial charge >= 0.3 is 5.97 Å². The molecule has 0 radical (unpaired) electrons. The number of rotatable bonds is 4. The van der Waals surface area contributed by atoms with Crippen LogP contribution in [0.1, 0.15) is 42.5 Å². The largest absolute Gasteiger partial charge is 0.478 e. The van der Waals surface area contributed by atoms with Crippen molar-refractivity contribution in [1.29, 1.82) is 0 Å². The Hall–Kier alpha value is -2.57. The molecule has 1 aliphatic rings.